The molecule has 1 unspecified atom stereocenters. The fourth-order valence-electron chi connectivity index (χ4n) is 1.11. The maximum Gasteiger partial charge on any atom is 0.236 e. The molecule has 4 heteroatoms. The topological polar surface area (TPSA) is 41.6 Å². The predicted octanol–water partition coefficient (Wildman–Crippen LogP) is 0.869. The summed E-state index contributed by atoms with van der Waals surface area (Å²) in [7, 11) is 3.50. The Labute approximate surface area is 93.0 Å². The predicted molar refractivity (Wildman–Crippen MR) is 61.9 cm³/mol. The fraction of sp³-hybridized carbons (Fsp3) is 0.909. The molecule has 0 radical (unpaired) electrons. The Hall–Kier alpha value is -0.610. The number of nitrogens with one attached hydrogen (secondary N) is 1. The molecule has 0 heterocycles. The molecule has 90 valence electrons. The zero-order valence-corrected chi connectivity index (χ0v) is 10.4. The van der Waals surface area contributed by atoms with Crippen molar-refractivity contribution < 1.29 is 9.53 Å². The van der Waals surface area contributed by atoms with Crippen LogP contribution in [0.15, 0.2) is 0 Å². The number of methoxy groups -OCH3 is 1. The van der Waals surface area contributed by atoms with E-state index in [1.807, 2.05) is 7.05 Å². The van der Waals surface area contributed by atoms with Crippen LogP contribution in [0.25, 0.3) is 0 Å². The third kappa shape index (κ3) is 7.33. The first kappa shape index (κ1) is 14.4. The van der Waals surface area contributed by atoms with E-state index < -0.39 is 0 Å². The van der Waals surface area contributed by atoms with E-state index >= 15 is 0 Å². The summed E-state index contributed by atoms with van der Waals surface area (Å²) >= 11 is 0. The van der Waals surface area contributed by atoms with Gasteiger partial charge >= 0.3 is 0 Å². The van der Waals surface area contributed by atoms with Crippen molar-refractivity contribution in [3.63, 3.8) is 0 Å². The van der Waals surface area contributed by atoms with Crippen molar-refractivity contribution in [3.05, 3.63) is 0 Å². The number of rotatable bonds is 8. The van der Waals surface area contributed by atoms with E-state index in [4.69, 9.17) is 4.74 Å². The first-order valence-corrected chi connectivity index (χ1v) is 5.58. The Kier molecular flexibility index (Phi) is 8.33. The van der Waals surface area contributed by atoms with Gasteiger partial charge in [0.2, 0.25) is 5.91 Å². The summed E-state index contributed by atoms with van der Waals surface area (Å²) in [4.78, 5) is 13.3. The lowest BCUT2D eigenvalue weighted by molar-refractivity contribution is -0.129. The molecule has 0 fully saturated rings. The van der Waals surface area contributed by atoms with Crippen LogP contribution >= 0.6 is 0 Å². The summed E-state index contributed by atoms with van der Waals surface area (Å²) in [6.45, 7) is 6.08. The van der Waals surface area contributed by atoms with Crippen molar-refractivity contribution >= 4 is 5.91 Å². The second kappa shape index (κ2) is 8.68. The molecule has 15 heavy (non-hydrogen) atoms. The number of amides is 1. The maximum absolute atomic E-state index is 11.6. The van der Waals surface area contributed by atoms with Gasteiger partial charge in [0.05, 0.1) is 6.54 Å². The fourth-order valence-corrected chi connectivity index (χ4v) is 1.11. The Morgan fingerprint density at radius 2 is 2.20 bits per heavy atom. The van der Waals surface area contributed by atoms with E-state index in [1.54, 1.807) is 12.0 Å². The van der Waals surface area contributed by atoms with Gasteiger partial charge in [-0.2, -0.15) is 0 Å². The van der Waals surface area contributed by atoms with Crippen LogP contribution in [0, 0.1) is 0 Å². The van der Waals surface area contributed by atoms with Crippen LogP contribution in [-0.2, 0) is 9.53 Å². The van der Waals surface area contributed by atoms with E-state index in [2.05, 4.69) is 19.2 Å². The SMILES string of the molecule is CCC(C)NCC(=O)N(C)CCCOC. The minimum Gasteiger partial charge on any atom is -0.385 e. The van der Waals surface area contributed by atoms with Crippen molar-refractivity contribution in [2.24, 2.45) is 0 Å². The van der Waals surface area contributed by atoms with Crippen LogP contribution in [0.1, 0.15) is 26.7 Å². The number of hydrogen-bond donors (Lipinski definition) is 1. The summed E-state index contributed by atoms with van der Waals surface area (Å²) in [6.07, 6.45) is 1.93. The molecule has 0 aliphatic carbocycles. The molecule has 4 nitrogen and oxygen atoms in total. The van der Waals surface area contributed by atoms with E-state index in [0.717, 1.165) is 19.4 Å². The molecule has 0 aromatic rings. The third-order valence-corrected chi connectivity index (χ3v) is 2.48. The molecule has 0 aliphatic heterocycles. The zero-order valence-electron chi connectivity index (χ0n) is 10.4. The van der Waals surface area contributed by atoms with Crippen LogP contribution in [-0.4, -0.2) is 50.7 Å². The second-order valence-electron chi connectivity index (χ2n) is 3.85. The third-order valence-electron chi connectivity index (χ3n) is 2.48. The van der Waals surface area contributed by atoms with E-state index in [9.17, 15) is 4.79 Å². The molecule has 1 amide bonds. The molecule has 0 aromatic carbocycles. The molecular weight excluding hydrogens is 192 g/mol. The minimum absolute atomic E-state index is 0.145. The molecule has 0 aliphatic rings. The summed E-state index contributed by atoms with van der Waals surface area (Å²) in [6, 6.07) is 0.404. The highest BCUT2D eigenvalue weighted by Crippen LogP contribution is 1.91. The van der Waals surface area contributed by atoms with Crippen molar-refractivity contribution in [3.8, 4) is 0 Å². The number of carbonyl (C=O) groups excluding carboxylic acids is 1. The van der Waals surface area contributed by atoms with Crippen molar-refractivity contribution in [2.45, 2.75) is 32.7 Å². The lowest BCUT2D eigenvalue weighted by Gasteiger charge is -2.18. The molecule has 0 aromatic heterocycles. The van der Waals surface area contributed by atoms with Gasteiger partial charge in [-0.3, -0.25) is 4.79 Å². The normalized spacial score (nSPS) is 12.5. The van der Waals surface area contributed by atoms with E-state index in [1.165, 1.54) is 0 Å². The van der Waals surface area contributed by atoms with E-state index in [0.29, 0.717) is 19.2 Å². The minimum atomic E-state index is 0.145. The van der Waals surface area contributed by atoms with Crippen LogP contribution in [0.2, 0.25) is 0 Å². The highest BCUT2D eigenvalue weighted by molar-refractivity contribution is 5.77. The van der Waals surface area contributed by atoms with Crippen molar-refractivity contribution in [1.82, 2.24) is 10.2 Å². The van der Waals surface area contributed by atoms with Crippen LogP contribution in [0.4, 0.5) is 0 Å². The largest absolute Gasteiger partial charge is 0.385 e. The highest BCUT2D eigenvalue weighted by Gasteiger charge is 2.08. The average molecular weight is 216 g/mol. The number of hydrogen-bond acceptors (Lipinski definition) is 3. The monoisotopic (exact) mass is 216 g/mol. The summed E-state index contributed by atoms with van der Waals surface area (Å²) in [5.74, 6) is 0.145. The van der Waals surface area contributed by atoms with Crippen molar-refractivity contribution in [2.75, 3.05) is 33.9 Å². The number of carbonyl (C=O) groups is 1. The first-order chi connectivity index (χ1) is 7.11. The number of ether oxygens (including phenoxy) is 1. The van der Waals surface area contributed by atoms with Gasteiger partial charge < -0.3 is 15.0 Å². The Balaban J connectivity index is 3.60. The molecule has 0 rings (SSSR count). The Morgan fingerprint density at radius 3 is 2.73 bits per heavy atom. The summed E-state index contributed by atoms with van der Waals surface area (Å²) in [5.41, 5.74) is 0. The second-order valence-corrected chi connectivity index (χ2v) is 3.85. The summed E-state index contributed by atoms with van der Waals surface area (Å²) in [5, 5.41) is 3.18. The smallest absolute Gasteiger partial charge is 0.236 e. The first-order valence-electron chi connectivity index (χ1n) is 5.58. The Morgan fingerprint density at radius 1 is 1.53 bits per heavy atom. The van der Waals surface area contributed by atoms with Crippen LogP contribution in [0.3, 0.4) is 0 Å². The van der Waals surface area contributed by atoms with Gasteiger partial charge in [0.25, 0.3) is 0 Å². The van der Waals surface area contributed by atoms with Gasteiger partial charge in [-0.1, -0.05) is 6.92 Å². The van der Waals surface area contributed by atoms with Crippen LogP contribution in [0.5, 0.6) is 0 Å². The van der Waals surface area contributed by atoms with E-state index in [-0.39, 0.29) is 5.91 Å². The number of nitrogens with zero attached hydrogens (tertiary/aromatic N) is 1. The standard InChI is InChI=1S/C11H24N2O2/c1-5-10(2)12-9-11(14)13(3)7-6-8-15-4/h10,12H,5-9H2,1-4H3. The zero-order chi connectivity index (χ0) is 11.7. The van der Waals surface area contributed by atoms with Gasteiger partial charge in [-0.15, -0.1) is 0 Å². The molecular formula is C11H24N2O2. The van der Waals surface area contributed by atoms with Gasteiger partial charge in [-0.05, 0) is 19.8 Å². The quantitative estimate of drug-likeness (QED) is 0.612. The van der Waals surface area contributed by atoms with Crippen LogP contribution < -0.4 is 5.32 Å². The molecule has 0 spiro atoms. The average Bonchev–Trinajstić information content (AvgIpc) is 2.25. The highest BCUT2D eigenvalue weighted by atomic mass is 16.5. The lowest BCUT2D eigenvalue weighted by atomic mass is 10.2. The molecule has 1 N–H and O–H groups in total. The molecule has 0 saturated carbocycles. The van der Waals surface area contributed by atoms with Gasteiger partial charge in [0, 0.05) is 33.4 Å². The maximum atomic E-state index is 11.6. The van der Waals surface area contributed by atoms with Gasteiger partial charge in [-0.25, -0.2) is 0 Å². The lowest BCUT2D eigenvalue weighted by Crippen LogP contribution is -2.39. The Bertz CT molecular complexity index is 174. The van der Waals surface area contributed by atoms with Gasteiger partial charge in [0.15, 0.2) is 0 Å². The molecule has 0 bridgehead atoms. The molecule has 0 saturated heterocycles. The summed E-state index contributed by atoms with van der Waals surface area (Å²) < 4.78 is 4.93. The van der Waals surface area contributed by atoms with Gasteiger partial charge in [0.1, 0.15) is 0 Å². The molecule has 1 atom stereocenters. The number of likely N-dealkylation sites (N-methyl/N-ethyl adjacent to an activating group) is 1. The van der Waals surface area contributed by atoms with Crippen molar-refractivity contribution in [1.29, 1.82) is 0 Å².